The predicted octanol–water partition coefficient (Wildman–Crippen LogP) is -1.13. The van der Waals surface area contributed by atoms with Crippen molar-refractivity contribution in [1.82, 2.24) is 9.48 Å². The highest BCUT2D eigenvalue weighted by Gasteiger charge is 2.31. The van der Waals surface area contributed by atoms with E-state index in [9.17, 15) is 21.9 Å². The van der Waals surface area contributed by atoms with Crippen molar-refractivity contribution in [1.29, 1.82) is 0 Å². The first-order valence-electron chi connectivity index (χ1n) is 2.43. The van der Waals surface area contributed by atoms with Gasteiger partial charge < -0.3 is 5.11 Å². The first kappa shape index (κ1) is 11.5. The van der Waals surface area contributed by atoms with Gasteiger partial charge in [0, 0.05) is 0 Å². The second kappa shape index (κ2) is 3.51. The van der Waals surface area contributed by atoms with Crippen LogP contribution in [0.25, 0.3) is 0 Å². The van der Waals surface area contributed by atoms with Crippen LogP contribution in [0.15, 0.2) is 0 Å². The molecule has 4 N–H and O–H groups in total. The third-order valence-corrected chi connectivity index (χ3v) is 1.35. The molecule has 0 aromatic rings. The third-order valence-electron chi connectivity index (χ3n) is 0.782. The van der Waals surface area contributed by atoms with Crippen LogP contribution in [-0.2, 0) is 10.4 Å². The molecule has 0 unspecified atom stereocenters. The summed E-state index contributed by atoms with van der Waals surface area (Å²) in [4.78, 5) is 20.3. The first-order valence-corrected chi connectivity index (χ1v) is 3.77. The van der Waals surface area contributed by atoms with Crippen molar-refractivity contribution in [2.45, 2.75) is 0 Å². The number of urea groups is 1. The van der Waals surface area contributed by atoms with E-state index in [-0.39, 0.29) is 0 Å². The molecule has 0 aliphatic rings. The SMILES string of the molecule is NN(C(=O)O)C(=O)N(O)S(=O)(=O)F. The number of nitrogens with two attached hydrogens (primary N) is 1. The lowest BCUT2D eigenvalue weighted by atomic mass is 10.9. The van der Waals surface area contributed by atoms with E-state index >= 15 is 0 Å². The molecule has 0 radical (unpaired) electrons. The maximum absolute atomic E-state index is 11.8. The average molecular weight is 217 g/mol. The summed E-state index contributed by atoms with van der Waals surface area (Å²) in [6.07, 6.45) is -2.06. The van der Waals surface area contributed by atoms with Gasteiger partial charge in [0.1, 0.15) is 0 Å². The zero-order valence-electron chi connectivity index (χ0n) is 5.79. The van der Waals surface area contributed by atoms with Gasteiger partial charge in [-0.2, -0.15) is 13.4 Å². The van der Waals surface area contributed by atoms with Gasteiger partial charge in [0.15, 0.2) is 0 Å². The summed E-state index contributed by atoms with van der Waals surface area (Å²) in [5.41, 5.74) is 0. The van der Waals surface area contributed by atoms with Crippen molar-refractivity contribution in [2.24, 2.45) is 5.84 Å². The van der Waals surface area contributed by atoms with Gasteiger partial charge in [-0.1, -0.05) is 8.35 Å². The molecule has 9 nitrogen and oxygen atoms in total. The molecule has 0 aliphatic heterocycles. The van der Waals surface area contributed by atoms with Gasteiger partial charge in [0.05, 0.1) is 0 Å². The molecule has 0 aromatic heterocycles. The van der Waals surface area contributed by atoms with E-state index in [0.717, 1.165) is 0 Å². The number of halogens is 1. The Labute approximate surface area is 71.0 Å². The van der Waals surface area contributed by atoms with Gasteiger partial charge in [-0.15, -0.1) is 0 Å². The van der Waals surface area contributed by atoms with E-state index in [0.29, 0.717) is 0 Å². The molecule has 0 heterocycles. The molecule has 0 fully saturated rings. The Morgan fingerprint density at radius 3 is 2.00 bits per heavy atom. The molecular weight excluding hydrogens is 213 g/mol. The van der Waals surface area contributed by atoms with Crippen molar-refractivity contribution in [3.8, 4) is 0 Å². The van der Waals surface area contributed by atoms with Crippen molar-refractivity contribution >= 4 is 22.5 Å². The first-order chi connectivity index (χ1) is 5.68. The van der Waals surface area contributed by atoms with Gasteiger partial charge >= 0.3 is 22.5 Å². The molecule has 0 aliphatic carbocycles. The summed E-state index contributed by atoms with van der Waals surface area (Å²) in [6, 6.07) is -2.16. The third kappa shape index (κ3) is 2.81. The number of hydrogen-bond donors (Lipinski definition) is 3. The maximum Gasteiger partial charge on any atom is 0.430 e. The number of nitrogens with zero attached hydrogens (tertiary/aromatic N) is 2. The monoisotopic (exact) mass is 217 g/mol. The molecule has 76 valence electrons. The number of hydrogen-bond acceptors (Lipinski definition) is 6. The summed E-state index contributed by atoms with van der Waals surface area (Å²) >= 11 is 0. The van der Waals surface area contributed by atoms with Gasteiger partial charge in [0.2, 0.25) is 0 Å². The van der Waals surface area contributed by atoms with Gasteiger partial charge in [-0.05, 0) is 0 Å². The average Bonchev–Trinajstić information content (AvgIpc) is 1.98. The molecule has 0 rings (SSSR count). The summed E-state index contributed by atoms with van der Waals surface area (Å²) in [5.74, 6) is 4.41. The number of amides is 3. The van der Waals surface area contributed by atoms with Crippen LogP contribution < -0.4 is 5.84 Å². The highest BCUT2D eigenvalue weighted by Crippen LogP contribution is 2.01. The van der Waals surface area contributed by atoms with Crippen LogP contribution in [0.2, 0.25) is 0 Å². The Kier molecular flexibility index (Phi) is 3.11. The molecule has 3 amide bonds. The quantitative estimate of drug-likeness (QED) is 0.166. The van der Waals surface area contributed by atoms with Crippen molar-refractivity contribution in [2.75, 3.05) is 0 Å². The van der Waals surface area contributed by atoms with Crippen LogP contribution >= 0.6 is 0 Å². The number of hydrazine groups is 1. The number of rotatable bonds is 1. The topological polar surface area (TPSA) is 141 Å². The second-order valence-corrected chi connectivity index (χ2v) is 2.79. The van der Waals surface area contributed by atoms with Gasteiger partial charge in [-0.25, -0.2) is 15.4 Å². The molecule has 0 atom stereocenters. The Morgan fingerprint density at radius 2 is 1.77 bits per heavy atom. The molecule has 13 heavy (non-hydrogen) atoms. The zero-order chi connectivity index (χ0) is 10.8. The largest absolute Gasteiger partial charge is 0.464 e. The van der Waals surface area contributed by atoms with Crippen LogP contribution in [0.3, 0.4) is 0 Å². The fourth-order valence-electron chi connectivity index (χ4n) is 0.267. The van der Waals surface area contributed by atoms with E-state index in [2.05, 4.69) is 5.84 Å². The Bertz CT molecular complexity index is 325. The number of carbonyl (C=O) groups excluding carboxylic acids is 1. The highest BCUT2D eigenvalue weighted by atomic mass is 32.3. The lowest BCUT2D eigenvalue weighted by Crippen LogP contribution is -2.49. The van der Waals surface area contributed by atoms with Crippen LogP contribution in [0.4, 0.5) is 13.5 Å². The number of carboxylic acid groups (broad SMARTS) is 1. The highest BCUT2D eigenvalue weighted by molar-refractivity contribution is 7.84. The van der Waals surface area contributed by atoms with Gasteiger partial charge in [-0.3, -0.25) is 5.21 Å². The number of carbonyl (C=O) groups is 2. The van der Waals surface area contributed by atoms with Crippen molar-refractivity contribution in [3.63, 3.8) is 0 Å². The van der Waals surface area contributed by atoms with Crippen molar-refractivity contribution in [3.05, 3.63) is 0 Å². The van der Waals surface area contributed by atoms with E-state index in [1.807, 2.05) is 0 Å². The molecule has 0 bridgehead atoms. The molecule has 0 aromatic carbocycles. The minimum Gasteiger partial charge on any atom is -0.464 e. The smallest absolute Gasteiger partial charge is 0.430 e. The lowest BCUT2D eigenvalue weighted by Gasteiger charge is -2.14. The van der Waals surface area contributed by atoms with Crippen molar-refractivity contribution < 1.29 is 32.2 Å². The molecule has 0 saturated heterocycles. The van der Waals surface area contributed by atoms with E-state index in [1.54, 1.807) is 0 Å². The number of imide groups is 1. The Hall–Kier alpha value is -1.46. The predicted molar refractivity (Wildman–Crippen MR) is 33.1 cm³/mol. The van der Waals surface area contributed by atoms with Crippen LogP contribution in [0.5, 0.6) is 0 Å². The summed E-state index contributed by atoms with van der Waals surface area (Å²) in [6.45, 7) is 0. The molecule has 0 spiro atoms. The Morgan fingerprint density at radius 1 is 1.38 bits per heavy atom. The minimum absolute atomic E-state index is 0.711. The molecule has 0 saturated carbocycles. The fraction of sp³-hybridized carbons (Fsp3) is 0. The summed E-state index contributed by atoms with van der Waals surface area (Å²) < 4.78 is 30.0. The Balaban J connectivity index is 4.73. The van der Waals surface area contributed by atoms with Crippen LogP contribution in [0.1, 0.15) is 0 Å². The maximum atomic E-state index is 11.8. The van der Waals surface area contributed by atoms with E-state index in [4.69, 9.17) is 10.3 Å². The normalized spacial score (nSPS) is 10.7. The minimum atomic E-state index is -5.73. The standard InChI is InChI=1S/C2H4FN3O6S/c3-13(11,12)6(10)1(7)5(4)2(8)9/h10H,4H2,(H,8,9). The second-order valence-electron chi connectivity index (χ2n) is 1.62. The van der Waals surface area contributed by atoms with Gasteiger partial charge in [0.25, 0.3) is 0 Å². The molecular formula is C2H4FN3O6S. The summed E-state index contributed by atoms with van der Waals surface area (Å²) in [7, 11) is -5.73. The number of hydroxylamine groups is 1. The van der Waals surface area contributed by atoms with Crippen LogP contribution in [0, 0.1) is 0 Å². The van der Waals surface area contributed by atoms with E-state index < -0.39 is 32.0 Å². The lowest BCUT2D eigenvalue weighted by molar-refractivity contribution is 0.0185. The summed E-state index contributed by atoms with van der Waals surface area (Å²) in [5, 5.41) is 15.5. The fourth-order valence-corrected chi connectivity index (χ4v) is 0.542. The van der Waals surface area contributed by atoms with E-state index in [1.165, 1.54) is 0 Å². The molecule has 11 heteroatoms. The zero-order valence-corrected chi connectivity index (χ0v) is 6.60. The van der Waals surface area contributed by atoms with Crippen LogP contribution in [-0.4, -0.2) is 40.3 Å².